The van der Waals surface area contributed by atoms with E-state index in [2.05, 4.69) is 4.90 Å². The van der Waals surface area contributed by atoms with Crippen LogP contribution in [-0.2, 0) is 0 Å². The van der Waals surface area contributed by atoms with Gasteiger partial charge >= 0.3 is 0 Å². The van der Waals surface area contributed by atoms with Crippen LogP contribution in [0, 0.1) is 21.4 Å². The van der Waals surface area contributed by atoms with Gasteiger partial charge in [-0.25, -0.2) is 0 Å². The molecule has 26 heavy (non-hydrogen) atoms. The summed E-state index contributed by atoms with van der Waals surface area (Å²) < 4.78 is 5.70. The van der Waals surface area contributed by atoms with Crippen LogP contribution in [-0.4, -0.2) is 37.7 Å². The molecule has 1 aliphatic rings. The summed E-state index contributed by atoms with van der Waals surface area (Å²) in [5.41, 5.74) is 1.88. The van der Waals surface area contributed by atoms with E-state index in [9.17, 15) is 10.1 Å². The molecule has 7 nitrogen and oxygen atoms in total. The number of nitro groups is 1. The highest BCUT2D eigenvalue weighted by Crippen LogP contribution is 2.32. The number of rotatable bonds is 5. The predicted molar refractivity (Wildman–Crippen MR) is 99.8 cm³/mol. The molecular formula is C19H20N4O3. The first kappa shape index (κ1) is 17.5. The molecule has 2 aromatic carbocycles. The van der Waals surface area contributed by atoms with Crippen LogP contribution < -0.4 is 14.5 Å². The Morgan fingerprint density at radius 3 is 2.38 bits per heavy atom. The molecule has 0 spiro atoms. The van der Waals surface area contributed by atoms with Crippen LogP contribution in [0.5, 0.6) is 5.75 Å². The molecule has 0 bridgehead atoms. The summed E-state index contributed by atoms with van der Waals surface area (Å²) in [6.45, 7) is 5.36. The van der Waals surface area contributed by atoms with Gasteiger partial charge in [0.25, 0.3) is 5.69 Å². The Labute approximate surface area is 152 Å². The molecule has 1 fully saturated rings. The molecule has 3 rings (SSSR count). The lowest BCUT2D eigenvalue weighted by atomic mass is 10.1. The fourth-order valence-corrected chi connectivity index (χ4v) is 3.19. The second-order valence-electron chi connectivity index (χ2n) is 5.95. The SMILES string of the molecule is CCOc1ccccc1N1CCN(c2ccc(C#N)cc2[N+](=O)[O-])CC1. The van der Waals surface area contributed by atoms with Crippen molar-refractivity contribution in [1.29, 1.82) is 5.26 Å². The maximum atomic E-state index is 11.4. The first-order valence-corrected chi connectivity index (χ1v) is 8.54. The van der Waals surface area contributed by atoms with Gasteiger partial charge < -0.3 is 14.5 Å². The highest BCUT2D eigenvalue weighted by atomic mass is 16.6. The van der Waals surface area contributed by atoms with Gasteiger partial charge in [0.2, 0.25) is 0 Å². The molecule has 0 saturated carbocycles. The molecule has 1 saturated heterocycles. The molecule has 0 amide bonds. The topological polar surface area (TPSA) is 82.6 Å². The van der Waals surface area contributed by atoms with Gasteiger partial charge in [0.05, 0.1) is 28.9 Å². The number of para-hydroxylation sites is 2. The second kappa shape index (κ2) is 7.74. The van der Waals surface area contributed by atoms with Crippen LogP contribution in [0.1, 0.15) is 12.5 Å². The van der Waals surface area contributed by atoms with Gasteiger partial charge in [-0.15, -0.1) is 0 Å². The lowest BCUT2D eigenvalue weighted by Gasteiger charge is -2.37. The number of ether oxygens (including phenoxy) is 1. The molecule has 1 aliphatic heterocycles. The van der Waals surface area contributed by atoms with E-state index < -0.39 is 4.92 Å². The Kier molecular flexibility index (Phi) is 5.23. The summed E-state index contributed by atoms with van der Waals surface area (Å²) in [5.74, 6) is 0.854. The van der Waals surface area contributed by atoms with Crippen molar-refractivity contribution in [2.75, 3.05) is 42.6 Å². The highest BCUT2D eigenvalue weighted by molar-refractivity contribution is 5.67. The van der Waals surface area contributed by atoms with E-state index in [4.69, 9.17) is 10.00 Å². The van der Waals surface area contributed by atoms with Crippen molar-refractivity contribution in [3.05, 3.63) is 58.1 Å². The van der Waals surface area contributed by atoms with Crippen molar-refractivity contribution in [1.82, 2.24) is 0 Å². The van der Waals surface area contributed by atoms with Crippen LogP contribution in [0.3, 0.4) is 0 Å². The zero-order valence-electron chi connectivity index (χ0n) is 14.6. The third-order valence-corrected chi connectivity index (χ3v) is 4.43. The van der Waals surface area contributed by atoms with Crippen molar-refractivity contribution in [2.45, 2.75) is 6.92 Å². The van der Waals surface area contributed by atoms with Crippen LogP contribution in [0.4, 0.5) is 17.1 Å². The molecule has 0 atom stereocenters. The van der Waals surface area contributed by atoms with Crippen LogP contribution >= 0.6 is 0 Å². The number of nitriles is 1. The molecule has 1 heterocycles. The van der Waals surface area contributed by atoms with Crippen molar-refractivity contribution in [3.8, 4) is 11.8 Å². The Bertz CT molecular complexity index is 839. The minimum Gasteiger partial charge on any atom is -0.492 e. The van der Waals surface area contributed by atoms with Gasteiger partial charge in [-0.3, -0.25) is 10.1 Å². The molecule has 0 N–H and O–H groups in total. The van der Waals surface area contributed by atoms with Gasteiger partial charge in [0.15, 0.2) is 0 Å². The summed E-state index contributed by atoms with van der Waals surface area (Å²) >= 11 is 0. The molecule has 0 aliphatic carbocycles. The Morgan fingerprint density at radius 2 is 1.77 bits per heavy atom. The van der Waals surface area contributed by atoms with Crippen molar-refractivity contribution in [2.24, 2.45) is 0 Å². The van der Waals surface area contributed by atoms with Crippen LogP contribution in [0.2, 0.25) is 0 Å². The predicted octanol–water partition coefficient (Wildman–Crippen LogP) is 3.19. The van der Waals surface area contributed by atoms with Gasteiger partial charge in [-0.05, 0) is 31.2 Å². The Hall–Kier alpha value is -3.27. The number of nitrogens with zero attached hydrogens (tertiary/aromatic N) is 4. The molecule has 7 heteroatoms. The maximum Gasteiger partial charge on any atom is 0.293 e. The molecular weight excluding hydrogens is 332 g/mol. The molecule has 0 aromatic heterocycles. The zero-order chi connectivity index (χ0) is 18.5. The minimum absolute atomic E-state index is 0.0211. The maximum absolute atomic E-state index is 11.4. The molecule has 0 unspecified atom stereocenters. The van der Waals surface area contributed by atoms with Gasteiger partial charge in [-0.1, -0.05) is 12.1 Å². The molecule has 134 valence electrons. The normalized spacial score (nSPS) is 14.0. The third kappa shape index (κ3) is 3.54. The highest BCUT2D eigenvalue weighted by Gasteiger charge is 2.25. The lowest BCUT2D eigenvalue weighted by molar-refractivity contribution is -0.384. The Balaban J connectivity index is 1.78. The largest absolute Gasteiger partial charge is 0.492 e. The molecule has 2 aromatic rings. The monoisotopic (exact) mass is 352 g/mol. The van der Waals surface area contributed by atoms with Crippen LogP contribution in [0.15, 0.2) is 42.5 Å². The summed E-state index contributed by atoms with van der Waals surface area (Å²) in [5, 5.41) is 20.3. The first-order valence-electron chi connectivity index (χ1n) is 8.54. The number of anilines is 2. The van der Waals surface area contributed by atoms with E-state index in [1.165, 1.54) is 6.07 Å². The quantitative estimate of drug-likeness (QED) is 0.607. The first-order chi connectivity index (χ1) is 12.6. The van der Waals surface area contributed by atoms with E-state index in [0.29, 0.717) is 30.9 Å². The number of benzene rings is 2. The Morgan fingerprint density at radius 1 is 1.12 bits per heavy atom. The number of piperazine rings is 1. The van der Waals surface area contributed by atoms with Gasteiger partial charge in [0, 0.05) is 32.2 Å². The van der Waals surface area contributed by atoms with E-state index in [-0.39, 0.29) is 5.69 Å². The average molecular weight is 352 g/mol. The van der Waals surface area contributed by atoms with E-state index in [1.54, 1.807) is 12.1 Å². The third-order valence-electron chi connectivity index (χ3n) is 4.43. The van der Waals surface area contributed by atoms with Crippen molar-refractivity contribution >= 4 is 17.1 Å². The average Bonchev–Trinajstić information content (AvgIpc) is 2.68. The fraction of sp³-hybridized carbons (Fsp3) is 0.316. The fourth-order valence-electron chi connectivity index (χ4n) is 3.19. The number of nitro benzene ring substituents is 1. The van der Waals surface area contributed by atoms with Crippen molar-refractivity contribution in [3.63, 3.8) is 0 Å². The summed E-state index contributed by atoms with van der Waals surface area (Å²) in [4.78, 5) is 15.2. The molecule has 0 radical (unpaired) electrons. The summed E-state index contributed by atoms with van der Waals surface area (Å²) in [6.07, 6.45) is 0. The van der Waals surface area contributed by atoms with E-state index in [0.717, 1.165) is 24.5 Å². The number of hydrogen-bond donors (Lipinski definition) is 0. The lowest BCUT2D eigenvalue weighted by Crippen LogP contribution is -2.46. The minimum atomic E-state index is -0.424. The zero-order valence-corrected chi connectivity index (χ0v) is 14.6. The summed E-state index contributed by atoms with van der Waals surface area (Å²) in [6, 6.07) is 14.5. The van der Waals surface area contributed by atoms with Gasteiger partial charge in [-0.2, -0.15) is 5.26 Å². The van der Waals surface area contributed by atoms with Crippen molar-refractivity contribution < 1.29 is 9.66 Å². The van der Waals surface area contributed by atoms with E-state index in [1.807, 2.05) is 42.2 Å². The summed E-state index contributed by atoms with van der Waals surface area (Å²) in [7, 11) is 0. The standard InChI is InChI=1S/C19H20N4O3/c1-2-26-19-6-4-3-5-17(19)22-11-9-21(10-12-22)16-8-7-15(14-20)13-18(16)23(24)25/h3-8,13H,2,9-12H2,1H3. The second-order valence-corrected chi connectivity index (χ2v) is 5.95. The van der Waals surface area contributed by atoms with Crippen LogP contribution in [0.25, 0.3) is 0 Å². The van der Waals surface area contributed by atoms with Gasteiger partial charge in [0.1, 0.15) is 11.4 Å². The van der Waals surface area contributed by atoms with E-state index >= 15 is 0 Å². The smallest absolute Gasteiger partial charge is 0.293 e. The number of hydrogen-bond acceptors (Lipinski definition) is 6.